The Bertz CT molecular complexity index is 2150. The van der Waals surface area contributed by atoms with Crippen LogP contribution in [-0.4, -0.2) is 120 Å². The minimum atomic E-state index is -1.59. The largest absolute Gasteiger partial charge is 0.493 e. The molecule has 68 heavy (non-hydrogen) atoms. The first-order valence-electron chi connectivity index (χ1n) is 23.9. The molecule has 16 nitrogen and oxygen atoms in total. The smallest absolute Gasteiger partial charge is 0.415 e. The molecule has 0 bridgehead atoms. The molecule has 17 heteroatoms. The van der Waals surface area contributed by atoms with Crippen LogP contribution < -0.4 is 14.2 Å². The number of benzene rings is 3. The lowest BCUT2D eigenvalue weighted by Gasteiger charge is -2.59. The highest BCUT2D eigenvalue weighted by atomic mass is 32.2. The molecule has 0 aromatic heterocycles. The van der Waals surface area contributed by atoms with E-state index in [0.717, 1.165) is 60.3 Å². The number of nitro groups is 1. The molecule has 3 aromatic rings. The Morgan fingerprint density at radius 3 is 2.46 bits per heavy atom. The van der Waals surface area contributed by atoms with Crippen LogP contribution in [0.4, 0.5) is 10.5 Å². The second-order valence-corrected chi connectivity index (χ2v) is 18.5. The average molecular weight is 960 g/mol. The van der Waals surface area contributed by atoms with Crippen LogP contribution in [0, 0.1) is 27.9 Å². The minimum absolute atomic E-state index is 0.00848. The van der Waals surface area contributed by atoms with Crippen molar-refractivity contribution in [2.45, 2.75) is 93.1 Å². The maximum Gasteiger partial charge on any atom is 0.415 e. The van der Waals surface area contributed by atoms with Crippen molar-refractivity contribution in [2.24, 2.45) is 22.9 Å². The average Bonchev–Trinajstić information content (AvgIpc) is 3.36. The van der Waals surface area contributed by atoms with Crippen LogP contribution in [0.1, 0.15) is 75.7 Å². The van der Waals surface area contributed by atoms with Crippen LogP contribution in [0.3, 0.4) is 0 Å². The van der Waals surface area contributed by atoms with Gasteiger partial charge in [-0.1, -0.05) is 48.3 Å². The summed E-state index contributed by atoms with van der Waals surface area (Å²) in [7, 11) is 0. The third-order valence-corrected chi connectivity index (χ3v) is 14.0. The second kappa shape index (κ2) is 25.6. The number of carbonyl (C=O) groups is 1. The lowest BCUT2D eigenvalue weighted by Crippen LogP contribution is -2.70. The number of thioether (sulfide) groups is 1. The highest BCUT2D eigenvalue weighted by Crippen LogP contribution is 2.62. The van der Waals surface area contributed by atoms with E-state index in [4.69, 9.17) is 38.4 Å². The molecule has 1 saturated carbocycles. The predicted molar refractivity (Wildman–Crippen MR) is 256 cm³/mol. The van der Waals surface area contributed by atoms with E-state index in [1.165, 1.54) is 29.2 Å². The molecular formula is C51H65N3O13S. The molecule has 2 aliphatic carbocycles. The first-order chi connectivity index (χ1) is 33.3. The van der Waals surface area contributed by atoms with Gasteiger partial charge in [0.2, 0.25) is 12.1 Å². The zero-order valence-corrected chi connectivity index (χ0v) is 39.4. The highest BCUT2D eigenvalue weighted by molar-refractivity contribution is 7.99. The molecule has 368 valence electrons. The summed E-state index contributed by atoms with van der Waals surface area (Å²) in [6.45, 7) is 4.96. The maximum absolute atomic E-state index is 14.9. The summed E-state index contributed by atoms with van der Waals surface area (Å²) in [5, 5.41) is 46.0. The minimum Gasteiger partial charge on any atom is -0.493 e. The molecule has 2 fully saturated rings. The number of non-ortho nitro benzene ring substituents is 1. The Labute approximate surface area is 402 Å². The van der Waals surface area contributed by atoms with Crippen LogP contribution >= 0.6 is 11.8 Å². The fourth-order valence-corrected chi connectivity index (χ4v) is 10.7. The SMILES string of the molecule is C=CCO[C@@]12Oc3ccc(OCCSc4ccccc4)cc3[C@H]3[C@H](CCCCO)[C@@H](CCCCO)C=C(C(=NOC4CCCCO4)C[C@@H]1N(CCOCCO)C(=O)Oc1ccc([N+](=O)[O-])cc1)[C@H]32. The summed E-state index contributed by atoms with van der Waals surface area (Å²) in [6.07, 6.45) is 9.43. The fourth-order valence-electron chi connectivity index (χ4n) is 9.99. The zero-order valence-electron chi connectivity index (χ0n) is 38.6. The number of fused-ring (bicyclic) bond motifs is 2. The lowest BCUT2D eigenvalue weighted by atomic mass is 9.55. The number of oxime groups is 1. The maximum atomic E-state index is 14.9. The van der Waals surface area contributed by atoms with Gasteiger partial charge in [-0.3, -0.25) is 15.0 Å². The molecular weight excluding hydrogens is 895 g/mol. The number of amides is 1. The Kier molecular flexibility index (Phi) is 19.1. The van der Waals surface area contributed by atoms with Crippen molar-refractivity contribution in [1.82, 2.24) is 4.90 Å². The summed E-state index contributed by atoms with van der Waals surface area (Å²) in [5.74, 6) is -0.473. The number of hydrogen-bond donors (Lipinski definition) is 3. The molecule has 0 spiro atoms. The number of nitrogens with zero attached hydrogens (tertiary/aromatic N) is 3. The van der Waals surface area contributed by atoms with Gasteiger partial charge in [0.25, 0.3) is 5.69 Å². The van der Waals surface area contributed by atoms with Crippen molar-refractivity contribution in [3.8, 4) is 17.2 Å². The molecule has 4 aliphatic rings. The molecule has 0 radical (unpaired) electrons. The van der Waals surface area contributed by atoms with Crippen LogP contribution in [0.25, 0.3) is 0 Å². The zero-order chi connectivity index (χ0) is 47.7. The van der Waals surface area contributed by atoms with E-state index in [1.54, 1.807) is 17.8 Å². The molecule has 1 unspecified atom stereocenters. The van der Waals surface area contributed by atoms with Gasteiger partial charge in [0, 0.05) is 66.9 Å². The molecule has 3 aromatic carbocycles. The topological polar surface area (TPSA) is 201 Å². The van der Waals surface area contributed by atoms with Gasteiger partial charge in [0.1, 0.15) is 23.3 Å². The van der Waals surface area contributed by atoms with Crippen molar-refractivity contribution in [3.63, 3.8) is 0 Å². The molecule has 7 atom stereocenters. The summed E-state index contributed by atoms with van der Waals surface area (Å²) in [6, 6.07) is 20.3. The fraction of sp³-hybridized carbons (Fsp3) is 0.529. The number of rotatable bonds is 26. The number of unbranched alkanes of at least 4 members (excludes halogenated alkanes) is 2. The molecule has 1 amide bonds. The third kappa shape index (κ3) is 12.6. The number of ether oxygens (including phenoxy) is 6. The van der Waals surface area contributed by atoms with E-state index in [0.29, 0.717) is 49.7 Å². The standard InChI is InChI=1S/C51H65N3O13S/c1-2-27-64-51-46(53(23-29-61-30-26-57)50(58)65-38-19-17-37(18-20-38)54(59)60)35-44(52-67-47-16-8-11-28-63-47)42-33-36(12-6-9-24-55)41(15-7-10-25-56)48(49(42)51)43-34-39(21-22-45(43)66-51)62-31-32-68-40-13-4-3-5-14-40/h2-5,13-14,17-22,33-34,36,41,46-49,55-57H,1,6-12,15-16,23-32,35H2/t36-,41+,46-,47?,48+,49+,51+/m0/s1. The van der Waals surface area contributed by atoms with Gasteiger partial charge in [0.15, 0.2) is 0 Å². The Morgan fingerprint density at radius 2 is 1.74 bits per heavy atom. The Hall–Kier alpha value is -5.01. The van der Waals surface area contributed by atoms with E-state index in [9.17, 15) is 30.2 Å². The number of aliphatic hydroxyl groups is 3. The van der Waals surface area contributed by atoms with E-state index in [2.05, 4.69) is 30.9 Å². The van der Waals surface area contributed by atoms with Gasteiger partial charge in [-0.2, -0.15) is 0 Å². The summed E-state index contributed by atoms with van der Waals surface area (Å²) < 4.78 is 38.7. The van der Waals surface area contributed by atoms with Crippen LogP contribution in [0.15, 0.2) is 107 Å². The van der Waals surface area contributed by atoms with E-state index < -0.39 is 35.1 Å². The molecule has 3 N–H and O–H groups in total. The molecule has 7 rings (SSSR count). The van der Waals surface area contributed by atoms with Gasteiger partial charge in [-0.05, 0) is 98.4 Å². The van der Waals surface area contributed by atoms with E-state index in [-0.39, 0.29) is 81.8 Å². The van der Waals surface area contributed by atoms with Crippen LogP contribution in [0.2, 0.25) is 0 Å². The lowest BCUT2D eigenvalue weighted by molar-refractivity contribution is -0.384. The second-order valence-electron chi connectivity index (χ2n) is 17.3. The number of hydrogen-bond acceptors (Lipinski definition) is 15. The summed E-state index contributed by atoms with van der Waals surface area (Å²) >= 11 is 1.71. The van der Waals surface area contributed by atoms with Crippen LogP contribution in [-0.2, 0) is 19.0 Å². The van der Waals surface area contributed by atoms with E-state index >= 15 is 0 Å². The van der Waals surface area contributed by atoms with Gasteiger partial charge in [0.05, 0.1) is 56.2 Å². The van der Waals surface area contributed by atoms with Gasteiger partial charge in [-0.15, -0.1) is 18.3 Å². The highest BCUT2D eigenvalue weighted by Gasteiger charge is 2.65. The van der Waals surface area contributed by atoms with Crippen molar-refractivity contribution in [2.75, 3.05) is 65.2 Å². The van der Waals surface area contributed by atoms with Crippen LogP contribution in [0.5, 0.6) is 17.2 Å². The number of allylic oxidation sites excluding steroid dienone is 1. The summed E-state index contributed by atoms with van der Waals surface area (Å²) in [4.78, 5) is 34.7. The van der Waals surface area contributed by atoms with Crippen molar-refractivity contribution in [1.29, 1.82) is 0 Å². The third-order valence-electron chi connectivity index (χ3n) is 13.0. The number of nitro benzene ring substituents is 1. The first-order valence-corrected chi connectivity index (χ1v) is 24.9. The molecule has 2 aliphatic heterocycles. The van der Waals surface area contributed by atoms with Gasteiger partial charge in [-0.25, -0.2) is 4.79 Å². The Morgan fingerprint density at radius 1 is 0.956 bits per heavy atom. The molecule has 1 saturated heterocycles. The first kappa shape index (κ1) is 50.9. The van der Waals surface area contributed by atoms with Gasteiger partial charge >= 0.3 is 6.09 Å². The van der Waals surface area contributed by atoms with Gasteiger partial charge < -0.3 is 48.6 Å². The van der Waals surface area contributed by atoms with Crippen molar-refractivity contribution >= 4 is 29.3 Å². The predicted octanol–water partition coefficient (Wildman–Crippen LogP) is 8.44. The Balaban J connectivity index is 1.38. The van der Waals surface area contributed by atoms with E-state index in [1.807, 2.05) is 30.3 Å². The number of aliphatic hydroxyl groups excluding tert-OH is 3. The number of carbonyl (C=O) groups excluding carboxylic acids is 1. The monoisotopic (exact) mass is 959 g/mol. The summed E-state index contributed by atoms with van der Waals surface area (Å²) in [5.41, 5.74) is 2.19. The van der Waals surface area contributed by atoms with Crippen molar-refractivity contribution < 1.29 is 58.3 Å². The van der Waals surface area contributed by atoms with Crippen molar-refractivity contribution in [3.05, 3.63) is 113 Å². The quantitative estimate of drug-likeness (QED) is 0.0228. The molecule has 2 heterocycles. The normalized spacial score (nSPS) is 24.5.